The van der Waals surface area contributed by atoms with Crippen molar-refractivity contribution < 1.29 is 24.4 Å². The highest BCUT2D eigenvalue weighted by molar-refractivity contribution is 5.88. The minimum absolute atomic E-state index is 0.00320. The number of carbonyl (C=O) groups excluding carboxylic acids is 1. The van der Waals surface area contributed by atoms with Crippen LogP contribution >= 0.6 is 0 Å². The van der Waals surface area contributed by atoms with E-state index in [0.29, 0.717) is 5.69 Å². The monoisotopic (exact) mass is 369 g/mol. The number of anilines is 2. The van der Waals surface area contributed by atoms with E-state index in [-0.39, 0.29) is 11.4 Å². The maximum Gasteiger partial charge on any atom is 0.412 e. The average molecular weight is 369 g/mol. The molecule has 9 nitrogen and oxygen atoms in total. The number of carbonyl (C=O) groups is 1. The van der Waals surface area contributed by atoms with E-state index in [1.165, 1.54) is 18.2 Å². The Labute approximate surface area is 152 Å². The number of ether oxygens (including phenoxy) is 1. The standard InChI is InChI=1S/C17H27N3O6/c1-15(2,3)25-14(21)18-12-9-8-11(10-13(12)20(23)24)19-26-17(6,7)16(4,5)22/h8-10,19,22H,1-7H3,(H,18,21). The molecule has 26 heavy (non-hydrogen) atoms. The highest BCUT2D eigenvalue weighted by Gasteiger charge is 2.37. The summed E-state index contributed by atoms with van der Waals surface area (Å²) in [5.74, 6) is 0. The number of nitro benzene ring substituents is 1. The minimum Gasteiger partial charge on any atom is -0.444 e. The van der Waals surface area contributed by atoms with Gasteiger partial charge in [-0.05, 0) is 60.6 Å². The molecule has 0 unspecified atom stereocenters. The summed E-state index contributed by atoms with van der Waals surface area (Å²) in [4.78, 5) is 28.0. The highest BCUT2D eigenvalue weighted by atomic mass is 16.7. The number of aliphatic hydroxyl groups is 1. The first kappa shape index (κ1) is 21.7. The van der Waals surface area contributed by atoms with Crippen LogP contribution in [-0.2, 0) is 9.57 Å². The van der Waals surface area contributed by atoms with Gasteiger partial charge in [0.15, 0.2) is 0 Å². The molecule has 0 aliphatic rings. The molecule has 1 rings (SSSR count). The van der Waals surface area contributed by atoms with E-state index in [4.69, 9.17) is 9.57 Å². The van der Waals surface area contributed by atoms with E-state index in [1.807, 2.05) is 0 Å². The van der Waals surface area contributed by atoms with Crippen LogP contribution in [-0.4, -0.2) is 32.9 Å². The fourth-order valence-electron chi connectivity index (χ4n) is 1.58. The Morgan fingerprint density at radius 2 is 1.73 bits per heavy atom. The van der Waals surface area contributed by atoms with Gasteiger partial charge in [0.25, 0.3) is 5.69 Å². The molecule has 0 atom stereocenters. The third-order valence-electron chi connectivity index (χ3n) is 3.73. The third-order valence-corrected chi connectivity index (χ3v) is 3.73. The van der Waals surface area contributed by atoms with Gasteiger partial charge in [0.05, 0.1) is 16.2 Å². The van der Waals surface area contributed by atoms with Crippen molar-refractivity contribution in [3.63, 3.8) is 0 Å². The first-order chi connectivity index (χ1) is 11.6. The van der Waals surface area contributed by atoms with Crippen molar-refractivity contribution in [1.29, 1.82) is 0 Å². The zero-order valence-electron chi connectivity index (χ0n) is 16.2. The van der Waals surface area contributed by atoms with Crippen molar-refractivity contribution in [2.24, 2.45) is 0 Å². The lowest BCUT2D eigenvalue weighted by atomic mass is 9.90. The van der Waals surface area contributed by atoms with Gasteiger partial charge in [-0.2, -0.15) is 0 Å². The van der Waals surface area contributed by atoms with E-state index < -0.39 is 27.8 Å². The number of hydrogen-bond donors (Lipinski definition) is 3. The summed E-state index contributed by atoms with van der Waals surface area (Å²) in [6.07, 6.45) is -0.791. The molecule has 9 heteroatoms. The lowest BCUT2D eigenvalue weighted by Crippen LogP contribution is -2.48. The molecule has 0 bridgehead atoms. The Bertz CT molecular complexity index is 674. The van der Waals surface area contributed by atoms with Crippen LogP contribution in [0.15, 0.2) is 18.2 Å². The molecule has 0 aliphatic carbocycles. The van der Waals surface area contributed by atoms with Gasteiger partial charge in [-0.25, -0.2) is 4.79 Å². The molecule has 0 spiro atoms. The van der Waals surface area contributed by atoms with Crippen molar-refractivity contribution in [1.82, 2.24) is 0 Å². The van der Waals surface area contributed by atoms with Crippen LogP contribution in [0.3, 0.4) is 0 Å². The second kappa shape index (κ2) is 7.46. The lowest BCUT2D eigenvalue weighted by molar-refractivity contribution is -0.383. The molecule has 1 aromatic carbocycles. The van der Waals surface area contributed by atoms with Gasteiger partial charge in [-0.1, -0.05) is 0 Å². The van der Waals surface area contributed by atoms with Crippen molar-refractivity contribution >= 4 is 23.2 Å². The lowest BCUT2D eigenvalue weighted by Gasteiger charge is -2.36. The average Bonchev–Trinajstić information content (AvgIpc) is 2.42. The molecule has 0 saturated carbocycles. The molecule has 1 amide bonds. The largest absolute Gasteiger partial charge is 0.444 e. The van der Waals surface area contributed by atoms with Crippen LogP contribution in [0, 0.1) is 10.1 Å². The van der Waals surface area contributed by atoms with Crippen LogP contribution in [0.2, 0.25) is 0 Å². The predicted octanol–water partition coefficient (Wildman–Crippen LogP) is 3.83. The van der Waals surface area contributed by atoms with Gasteiger partial charge in [0.1, 0.15) is 16.9 Å². The van der Waals surface area contributed by atoms with E-state index in [0.717, 1.165) is 0 Å². The topological polar surface area (TPSA) is 123 Å². The van der Waals surface area contributed by atoms with E-state index in [2.05, 4.69) is 10.8 Å². The van der Waals surface area contributed by atoms with Crippen LogP contribution in [0.1, 0.15) is 48.5 Å². The smallest absolute Gasteiger partial charge is 0.412 e. The summed E-state index contributed by atoms with van der Waals surface area (Å²) in [5, 5.41) is 23.7. The summed E-state index contributed by atoms with van der Waals surface area (Å²) >= 11 is 0. The van der Waals surface area contributed by atoms with Gasteiger partial charge in [0.2, 0.25) is 0 Å². The number of nitrogens with one attached hydrogen (secondary N) is 2. The zero-order chi connectivity index (χ0) is 20.3. The van der Waals surface area contributed by atoms with E-state index >= 15 is 0 Å². The first-order valence-electron chi connectivity index (χ1n) is 8.07. The van der Waals surface area contributed by atoms with Crippen LogP contribution in [0.4, 0.5) is 21.9 Å². The number of benzene rings is 1. The number of nitrogens with zero attached hydrogens (tertiary/aromatic N) is 1. The van der Waals surface area contributed by atoms with Crippen LogP contribution < -0.4 is 10.8 Å². The quantitative estimate of drug-likeness (QED) is 0.514. The summed E-state index contributed by atoms with van der Waals surface area (Å²) in [6.45, 7) is 11.6. The molecular formula is C17H27N3O6. The number of rotatable bonds is 6. The number of hydrogen-bond acceptors (Lipinski definition) is 7. The molecule has 0 aliphatic heterocycles. The van der Waals surface area contributed by atoms with E-state index in [1.54, 1.807) is 48.5 Å². The van der Waals surface area contributed by atoms with Gasteiger partial charge in [0, 0.05) is 6.07 Å². The Hall–Kier alpha value is -2.39. The van der Waals surface area contributed by atoms with Gasteiger partial charge < -0.3 is 9.84 Å². The number of nitro groups is 1. The Morgan fingerprint density at radius 3 is 2.19 bits per heavy atom. The Morgan fingerprint density at radius 1 is 1.15 bits per heavy atom. The second-order valence-corrected chi connectivity index (χ2v) is 7.89. The summed E-state index contributed by atoms with van der Waals surface area (Å²) in [7, 11) is 0. The first-order valence-corrected chi connectivity index (χ1v) is 8.07. The summed E-state index contributed by atoms with van der Waals surface area (Å²) < 4.78 is 5.10. The maximum absolute atomic E-state index is 11.8. The zero-order valence-corrected chi connectivity index (χ0v) is 16.2. The predicted molar refractivity (Wildman–Crippen MR) is 98.0 cm³/mol. The van der Waals surface area contributed by atoms with Crippen LogP contribution in [0.25, 0.3) is 0 Å². The van der Waals surface area contributed by atoms with Crippen molar-refractivity contribution in [3.8, 4) is 0 Å². The third kappa shape index (κ3) is 6.16. The molecule has 0 saturated heterocycles. The van der Waals surface area contributed by atoms with Gasteiger partial charge in [-0.3, -0.25) is 25.7 Å². The molecule has 146 valence electrons. The molecule has 1 aromatic rings. The van der Waals surface area contributed by atoms with Crippen molar-refractivity contribution in [2.75, 3.05) is 10.8 Å². The normalized spacial score (nSPS) is 12.5. The minimum atomic E-state index is -1.15. The summed E-state index contributed by atoms with van der Waals surface area (Å²) in [5.41, 5.74) is -0.276. The molecular weight excluding hydrogens is 342 g/mol. The van der Waals surface area contributed by atoms with Gasteiger partial charge in [-0.15, -0.1) is 0 Å². The van der Waals surface area contributed by atoms with Crippen molar-refractivity contribution in [3.05, 3.63) is 28.3 Å². The molecule has 3 N–H and O–H groups in total. The molecule has 0 heterocycles. The molecule has 0 aromatic heterocycles. The van der Waals surface area contributed by atoms with E-state index in [9.17, 15) is 20.0 Å². The number of amides is 1. The maximum atomic E-state index is 11.8. The molecule has 0 fully saturated rings. The van der Waals surface area contributed by atoms with Crippen LogP contribution in [0.5, 0.6) is 0 Å². The molecule has 0 radical (unpaired) electrons. The van der Waals surface area contributed by atoms with Gasteiger partial charge >= 0.3 is 6.09 Å². The Kier molecular flexibility index (Phi) is 6.22. The fourth-order valence-corrected chi connectivity index (χ4v) is 1.58. The fraction of sp³-hybridized carbons (Fsp3) is 0.588. The highest BCUT2D eigenvalue weighted by Crippen LogP contribution is 2.30. The Balaban J connectivity index is 2.96. The second-order valence-electron chi connectivity index (χ2n) is 7.89. The SMILES string of the molecule is CC(C)(C)OC(=O)Nc1ccc(NOC(C)(C)C(C)(C)O)cc1[N+](=O)[O-]. The summed E-state index contributed by atoms with van der Waals surface area (Å²) in [6, 6.07) is 4.08. The van der Waals surface area contributed by atoms with Crippen molar-refractivity contribution in [2.45, 2.75) is 65.3 Å².